The number of aromatic nitrogens is 1. The Balaban J connectivity index is 0.00000392. The largest absolute Gasteiger partial charge is 0.357 e. The van der Waals surface area contributed by atoms with Gasteiger partial charge in [-0.1, -0.05) is 18.2 Å². The number of halogens is 1. The molecule has 1 heterocycles. The van der Waals surface area contributed by atoms with Crippen molar-refractivity contribution in [1.29, 1.82) is 0 Å². The monoisotopic (exact) mass is 495 g/mol. The van der Waals surface area contributed by atoms with Crippen molar-refractivity contribution in [1.82, 2.24) is 20.5 Å². The fourth-order valence-electron chi connectivity index (χ4n) is 2.61. The van der Waals surface area contributed by atoms with Crippen molar-refractivity contribution < 1.29 is 4.79 Å². The minimum Gasteiger partial charge on any atom is -0.357 e. The van der Waals surface area contributed by atoms with Crippen molar-refractivity contribution in [3.05, 3.63) is 65.5 Å². The van der Waals surface area contributed by atoms with E-state index in [2.05, 4.69) is 20.6 Å². The van der Waals surface area contributed by atoms with Gasteiger partial charge in [0, 0.05) is 57.6 Å². The zero-order chi connectivity index (χ0) is 19.5. The molecule has 1 amide bonds. The Morgan fingerprint density at radius 3 is 2.61 bits per heavy atom. The van der Waals surface area contributed by atoms with Crippen LogP contribution in [0.3, 0.4) is 0 Å². The maximum absolute atomic E-state index is 12.1. The smallest absolute Gasteiger partial charge is 0.253 e. The number of nitrogens with one attached hydrogen (secondary N) is 2. The van der Waals surface area contributed by atoms with Crippen LogP contribution in [0.15, 0.2) is 53.7 Å². The van der Waals surface area contributed by atoms with Gasteiger partial charge in [-0.3, -0.25) is 14.8 Å². The summed E-state index contributed by atoms with van der Waals surface area (Å²) >= 11 is 0. The lowest BCUT2D eigenvalue weighted by atomic mass is 10.1. The highest BCUT2D eigenvalue weighted by atomic mass is 127. The summed E-state index contributed by atoms with van der Waals surface area (Å²) in [4.78, 5) is 22.6. The molecule has 2 aromatic rings. The summed E-state index contributed by atoms with van der Waals surface area (Å²) in [7, 11) is 3.53. The molecule has 0 atom stereocenters. The van der Waals surface area contributed by atoms with Gasteiger partial charge < -0.3 is 15.5 Å². The Bertz CT molecular complexity index is 749. The molecule has 2 rings (SSSR count). The van der Waals surface area contributed by atoms with Crippen LogP contribution >= 0.6 is 24.0 Å². The SMILES string of the molecule is CCNC(=NCCc1ccccn1)NCCc1cccc(C(=O)N(C)C)c1.I. The van der Waals surface area contributed by atoms with Crippen molar-refractivity contribution in [2.45, 2.75) is 19.8 Å². The minimum atomic E-state index is 0. The third kappa shape index (κ3) is 8.24. The first-order chi connectivity index (χ1) is 13.1. The highest BCUT2D eigenvalue weighted by Crippen LogP contribution is 2.07. The second-order valence-corrected chi connectivity index (χ2v) is 6.41. The molecule has 1 aromatic heterocycles. The quantitative estimate of drug-likeness (QED) is 0.336. The molecule has 6 nitrogen and oxygen atoms in total. The summed E-state index contributed by atoms with van der Waals surface area (Å²) in [6.07, 6.45) is 3.43. The molecule has 2 N–H and O–H groups in total. The molecule has 152 valence electrons. The van der Waals surface area contributed by atoms with Crippen LogP contribution in [0.4, 0.5) is 0 Å². The molecule has 0 aliphatic carbocycles. The Morgan fingerprint density at radius 1 is 1.11 bits per heavy atom. The highest BCUT2D eigenvalue weighted by Gasteiger charge is 2.08. The number of carbonyl (C=O) groups is 1. The topological polar surface area (TPSA) is 69.6 Å². The summed E-state index contributed by atoms with van der Waals surface area (Å²) in [5.41, 5.74) is 2.88. The number of guanidine groups is 1. The Morgan fingerprint density at radius 2 is 1.93 bits per heavy atom. The normalized spacial score (nSPS) is 10.8. The lowest BCUT2D eigenvalue weighted by Gasteiger charge is -2.13. The number of hydrogen-bond acceptors (Lipinski definition) is 3. The zero-order valence-corrected chi connectivity index (χ0v) is 19.1. The molecule has 0 aliphatic rings. The lowest BCUT2D eigenvalue weighted by Crippen LogP contribution is -2.38. The van der Waals surface area contributed by atoms with Crippen molar-refractivity contribution >= 4 is 35.8 Å². The van der Waals surface area contributed by atoms with Gasteiger partial charge in [0.15, 0.2) is 5.96 Å². The first kappa shape index (κ1) is 23.9. The molecule has 0 radical (unpaired) electrons. The van der Waals surface area contributed by atoms with E-state index in [0.29, 0.717) is 12.1 Å². The van der Waals surface area contributed by atoms with Gasteiger partial charge in [0.05, 0.1) is 0 Å². The second kappa shape index (κ2) is 13.1. The fourth-order valence-corrected chi connectivity index (χ4v) is 2.61. The van der Waals surface area contributed by atoms with E-state index in [1.54, 1.807) is 25.2 Å². The van der Waals surface area contributed by atoms with Gasteiger partial charge in [-0.15, -0.1) is 24.0 Å². The van der Waals surface area contributed by atoms with E-state index in [9.17, 15) is 4.79 Å². The highest BCUT2D eigenvalue weighted by molar-refractivity contribution is 14.0. The zero-order valence-electron chi connectivity index (χ0n) is 16.8. The Hall–Kier alpha value is -2.16. The average molecular weight is 495 g/mol. The van der Waals surface area contributed by atoms with E-state index in [4.69, 9.17) is 0 Å². The average Bonchev–Trinajstić information content (AvgIpc) is 2.68. The van der Waals surface area contributed by atoms with Crippen molar-refractivity contribution in [3.8, 4) is 0 Å². The van der Waals surface area contributed by atoms with Gasteiger partial charge in [-0.05, 0) is 43.2 Å². The summed E-state index contributed by atoms with van der Waals surface area (Å²) in [6.45, 7) is 4.28. The molecular formula is C21H30IN5O. The molecule has 1 aromatic carbocycles. The summed E-state index contributed by atoms with van der Waals surface area (Å²) in [5.74, 6) is 0.822. The maximum atomic E-state index is 12.1. The molecule has 0 unspecified atom stereocenters. The number of hydrogen-bond donors (Lipinski definition) is 2. The van der Waals surface area contributed by atoms with Crippen LogP contribution in [0.5, 0.6) is 0 Å². The molecular weight excluding hydrogens is 465 g/mol. The number of amides is 1. The summed E-state index contributed by atoms with van der Waals surface area (Å²) in [6, 6.07) is 13.7. The fraction of sp³-hybridized carbons (Fsp3) is 0.381. The van der Waals surface area contributed by atoms with Crippen LogP contribution in [0.2, 0.25) is 0 Å². The third-order valence-electron chi connectivity index (χ3n) is 3.99. The molecule has 0 spiro atoms. The number of pyridine rings is 1. The van der Waals surface area contributed by atoms with Crippen LogP contribution in [-0.4, -0.2) is 55.5 Å². The van der Waals surface area contributed by atoms with E-state index in [0.717, 1.165) is 43.1 Å². The number of nitrogens with zero attached hydrogens (tertiary/aromatic N) is 3. The van der Waals surface area contributed by atoms with E-state index in [1.807, 2.05) is 49.4 Å². The van der Waals surface area contributed by atoms with E-state index in [1.165, 1.54) is 0 Å². The van der Waals surface area contributed by atoms with Gasteiger partial charge in [-0.2, -0.15) is 0 Å². The van der Waals surface area contributed by atoms with Gasteiger partial charge in [0.2, 0.25) is 0 Å². The Labute approximate surface area is 184 Å². The van der Waals surface area contributed by atoms with Gasteiger partial charge in [0.1, 0.15) is 0 Å². The van der Waals surface area contributed by atoms with Crippen LogP contribution in [0, 0.1) is 0 Å². The van der Waals surface area contributed by atoms with E-state index in [-0.39, 0.29) is 29.9 Å². The van der Waals surface area contributed by atoms with Crippen molar-refractivity contribution in [2.24, 2.45) is 4.99 Å². The van der Waals surface area contributed by atoms with Gasteiger partial charge in [-0.25, -0.2) is 0 Å². The van der Waals surface area contributed by atoms with E-state index < -0.39 is 0 Å². The molecule has 0 saturated heterocycles. The van der Waals surface area contributed by atoms with Gasteiger partial charge in [0.25, 0.3) is 5.91 Å². The molecule has 28 heavy (non-hydrogen) atoms. The molecule has 0 fully saturated rings. The van der Waals surface area contributed by atoms with Crippen LogP contribution in [0.1, 0.15) is 28.5 Å². The van der Waals surface area contributed by atoms with E-state index >= 15 is 0 Å². The minimum absolute atomic E-state index is 0. The predicted molar refractivity (Wildman–Crippen MR) is 126 cm³/mol. The standard InChI is InChI=1S/C21H29N5O.HI/c1-4-22-21(25-15-12-19-10-5-6-13-23-19)24-14-11-17-8-7-9-18(16-17)20(27)26(2)3;/h5-10,13,16H,4,11-12,14-15H2,1-3H3,(H2,22,24,25);1H. The van der Waals surface area contributed by atoms with Gasteiger partial charge >= 0.3 is 0 Å². The molecule has 0 bridgehead atoms. The maximum Gasteiger partial charge on any atom is 0.253 e. The predicted octanol–water partition coefficient (Wildman–Crippen LogP) is 2.74. The summed E-state index contributed by atoms with van der Waals surface area (Å²) < 4.78 is 0. The van der Waals surface area contributed by atoms with Crippen molar-refractivity contribution in [2.75, 3.05) is 33.7 Å². The molecule has 0 saturated carbocycles. The number of rotatable bonds is 8. The second-order valence-electron chi connectivity index (χ2n) is 6.41. The first-order valence-electron chi connectivity index (χ1n) is 9.33. The third-order valence-corrected chi connectivity index (χ3v) is 3.99. The number of benzene rings is 1. The van der Waals surface area contributed by atoms with Crippen molar-refractivity contribution in [3.63, 3.8) is 0 Å². The van der Waals surface area contributed by atoms with Crippen LogP contribution in [0.25, 0.3) is 0 Å². The number of carbonyl (C=O) groups excluding carboxylic acids is 1. The molecule has 0 aliphatic heterocycles. The van der Waals surface area contributed by atoms with Crippen LogP contribution < -0.4 is 10.6 Å². The summed E-state index contributed by atoms with van der Waals surface area (Å²) in [5, 5.41) is 6.61. The first-order valence-corrected chi connectivity index (χ1v) is 9.33. The Kier molecular flexibility index (Phi) is 11.2. The number of aliphatic imine (C=N–C) groups is 1. The van der Waals surface area contributed by atoms with Crippen LogP contribution in [-0.2, 0) is 12.8 Å². The molecule has 7 heteroatoms. The lowest BCUT2D eigenvalue weighted by molar-refractivity contribution is 0.0827.